The van der Waals surface area contributed by atoms with Crippen LogP contribution in [0.1, 0.15) is 27.8 Å². The number of hydrogen-bond donors (Lipinski definition) is 1. The number of nitrogens with zero attached hydrogens (tertiary/aromatic N) is 1. The van der Waals surface area contributed by atoms with E-state index in [1.54, 1.807) is 6.92 Å². The molecule has 0 aliphatic carbocycles. The Balaban J connectivity index is 2.55. The lowest BCUT2D eigenvalue weighted by Gasteiger charge is -2.31. The van der Waals surface area contributed by atoms with E-state index in [0.29, 0.717) is 17.7 Å². The van der Waals surface area contributed by atoms with Crippen LogP contribution in [0.3, 0.4) is 0 Å². The van der Waals surface area contributed by atoms with Crippen molar-refractivity contribution in [2.24, 2.45) is 0 Å². The van der Waals surface area contributed by atoms with Crippen molar-refractivity contribution in [2.75, 3.05) is 26.2 Å². The van der Waals surface area contributed by atoms with Crippen molar-refractivity contribution in [2.45, 2.75) is 27.3 Å². The van der Waals surface area contributed by atoms with Gasteiger partial charge >= 0.3 is 6.98 Å². The molecule has 0 radical (unpaired) electrons. The molecule has 1 fully saturated rings. The molecule has 2 rings (SSSR count). The molecule has 1 aliphatic heterocycles. The summed E-state index contributed by atoms with van der Waals surface area (Å²) in [5.74, 6) is 2.46. The van der Waals surface area contributed by atoms with Gasteiger partial charge in [-0.2, -0.15) is 0 Å². The minimum Gasteiger partial charge on any atom is -0.445 e. The summed E-state index contributed by atoms with van der Waals surface area (Å²) in [6, 6.07) is 0. The second kappa shape index (κ2) is 6.35. The standard InChI is InChI=1S/C16H21BF3N2/c1-5-14-11(2)15(10-22-8-6-21-7-9-22)13(4)16(12(14)3)17(18,19)20/h1,21H,6-10H2,2-4H3/q-1. The molecule has 1 N–H and O–H groups in total. The molecule has 2 nitrogen and oxygen atoms in total. The highest BCUT2D eigenvalue weighted by Crippen LogP contribution is 2.26. The Bertz CT molecular complexity index is 612. The molecule has 0 aromatic heterocycles. The summed E-state index contributed by atoms with van der Waals surface area (Å²) in [6.45, 7) is 3.74. The maximum atomic E-state index is 13.5. The highest BCUT2D eigenvalue weighted by molar-refractivity contribution is 6.74. The molecular weight excluding hydrogens is 288 g/mol. The molecule has 0 atom stereocenters. The van der Waals surface area contributed by atoms with Crippen molar-refractivity contribution in [1.82, 2.24) is 10.2 Å². The molecule has 1 aromatic rings. The minimum absolute atomic E-state index is 0.189. The van der Waals surface area contributed by atoms with E-state index in [9.17, 15) is 12.9 Å². The first-order valence-electron chi connectivity index (χ1n) is 7.49. The lowest BCUT2D eigenvalue weighted by atomic mass is 9.70. The summed E-state index contributed by atoms with van der Waals surface area (Å²) in [6.07, 6.45) is 5.48. The van der Waals surface area contributed by atoms with Gasteiger partial charge in [0.05, 0.1) is 0 Å². The highest BCUT2D eigenvalue weighted by Gasteiger charge is 2.32. The normalized spacial score (nSPS) is 16.6. The summed E-state index contributed by atoms with van der Waals surface area (Å²) >= 11 is 0. The van der Waals surface area contributed by atoms with Gasteiger partial charge in [0, 0.05) is 38.3 Å². The lowest BCUT2D eigenvalue weighted by Crippen LogP contribution is -2.44. The maximum Gasteiger partial charge on any atom is 0.510 e. The molecule has 120 valence electrons. The highest BCUT2D eigenvalue weighted by atomic mass is 19.4. The molecule has 1 aliphatic rings. The Hall–Kier alpha value is -1.45. The Kier molecular flexibility index (Phi) is 4.88. The van der Waals surface area contributed by atoms with Gasteiger partial charge in [0.25, 0.3) is 0 Å². The topological polar surface area (TPSA) is 15.3 Å². The van der Waals surface area contributed by atoms with Gasteiger partial charge in [-0.1, -0.05) is 17.0 Å². The number of halogens is 3. The van der Waals surface area contributed by atoms with Crippen molar-refractivity contribution < 1.29 is 12.9 Å². The molecule has 1 aromatic carbocycles. The number of terminal acetylenes is 1. The number of hydrogen-bond acceptors (Lipinski definition) is 2. The number of rotatable bonds is 3. The molecule has 0 spiro atoms. The summed E-state index contributed by atoms with van der Waals surface area (Å²) in [5, 5.41) is 3.25. The minimum atomic E-state index is -5.07. The average molecular weight is 309 g/mol. The van der Waals surface area contributed by atoms with Gasteiger partial charge in [0.15, 0.2) is 0 Å². The summed E-state index contributed by atoms with van der Waals surface area (Å²) in [5.41, 5.74) is 1.94. The van der Waals surface area contributed by atoms with E-state index in [1.165, 1.54) is 6.92 Å². The fraction of sp³-hybridized carbons (Fsp3) is 0.500. The van der Waals surface area contributed by atoms with Crippen LogP contribution in [-0.2, 0) is 6.54 Å². The van der Waals surface area contributed by atoms with Gasteiger partial charge in [-0.25, -0.2) is 0 Å². The van der Waals surface area contributed by atoms with Gasteiger partial charge in [0.1, 0.15) is 0 Å². The predicted octanol–water partition coefficient (Wildman–Crippen LogP) is 2.05. The number of nitrogens with one attached hydrogen (secondary N) is 1. The summed E-state index contributed by atoms with van der Waals surface area (Å²) in [7, 11) is 0. The van der Waals surface area contributed by atoms with Gasteiger partial charge in [-0.15, -0.1) is 11.9 Å². The monoisotopic (exact) mass is 309 g/mol. The molecule has 1 saturated heterocycles. The molecule has 0 saturated carbocycles. The first-order chi connectivity index (χ1) is 10.3. The number of piperazine rings is 1. The van der Waals surface area contributed by atoms with Crippen LogP contribution in [0.4, 0.5) is 12.9 Å². The molecule has 0 amide bonds. The van der Waals surface area contributed by atoms with Crippen LogP contribution in [0.25, 0.3) is 0 Å². The second-order valence-corrected chi connectivity index (χ2v) is 5.89. The molecular formula is C16H21BF3N2-. The number of benzene rings is 1. The van der Waals surface area contributed by atoms with Crippen LogP contribution in [-0.4, -0.2) is 38.1 Å². The van der Waals surface area contributed by atoms with Gasteiger partial charge in [0.2, 0.25) is 0 Å². The third kappa shape index (κ3) is 3.16. The molecule has 0 bridgehead atoms. The molecule has 1 heterocycles. The van der Waals surface area contributed by atoms with Crippen molar-refractivity contribution in [1.29, 1.82) is 0 Å². The van der Waals surface area contributed by atoms with Crippen molar-refractivity contribution in [3.63, 3.8) is 0 Å². The van der Waals surface area contributed by atoms with Gasteiger partial charge in [-0.3, -0.25) is 4.90 Å². The van der Waals surface area contributed by atoms with E-state index >= 15 is 0 Å². The van der Waals surface area contributed by atoms with E-state index in [-0.39, 0.29) is 5.56 Å². The fourth-order valence-corrected chi connectivity index (χ4v) is 3.33. The Morgan fingerprint density at radius 3 is 2.18 bits per heavy atom. The van der Waals surface area contributed by atoms with E-state index in [2.05, 4.69) is 16.1 Å². The maximum absolute atomic E-state index is 13.5. The van der Waals surface area contributed by atoms with E-state index in [0.717, 1.165) is 37.3 Å². The second-order valence-electron chi connectivity index (χ2n) is 5.89. The van der Waals surface area contributed by atoms with Gasteiger partial charge < -0.3 is 18.3 Å². The van der Waals surface area contributed by atoms with Crippen LogP contribution >= 0.6 is 0 Å². The van der Waals surface area contributed by atoms with Crippen LogP contribution in [0.15, 0.2) is 0 Å². The van der Waals surface area contributed by atoms with Crippen molar-refractivity contribution in [3.8, 4) is 12.3 Å². The lowest BCUT2D eigenvalue weighted by molar-refractivity contribution is 0.232. The van der Waals surface area contributed by atoms with Gasteiger partial charge in [-0.05, 0) is 31.9 Å². The zero-order chi connectivity index (χ0) is 16.5. The average Bonchev–Trinajstić information content (AvgIpc) is 2.43. The molecule has 0 unspecified atom stereocenters. The quantitative estimate of drug-likeness (QED) is 0.679. The van der Waals surface area contributed by atoms with E-state index in [1.807, 2.05) is 6.92 Å². The summed E-state index contributed by atoms with van der Waals surface area (Å²) in [4.78, 5) is 2.18. The molecule has 6 heteroatoms. The predicted molar refractivity (Wildman–Crippen MR) is 85.4 cm³/mol. The van der Waals surface area contributed by atoms with Crippen molar-refractivity contribution >= 4 is 12.4 Å². The van der Waals surface area contributed by atoms with Crippen LogP contribution < -0.4 is 10.8 Å². The zero-order valence-electron chi connectivity index (χ0n) is 13.3. The van der Waals surface area contributed by atoms with Crippen molar-refractivity contribution in [3.05, 3.63) is 27.8 Å². The van der Waals surface area contributed by atoms with Crippen LogP contribution in [0, 0.1) is 33.1 Å². The smallest absolute Gasteiger partial charge is 0.445 e. The van der Waals surface area contributed by atoms with Crippen LogP contribution in [0.5, 0.6) is 0 Å². The zero-order valence-corrected chi connectivity index (χ0v) is 13.3. The summed E-state index contributed by atoms with van der Waals surface area (Å²) < 4.78 is 40.5. The Morgan fingerprint density at radius 1 is 1.09 bits per heavy atom. The first-order valence-corrected chi connectivity index (χ1v) is 7.49. The Morgan fingerprint density at radius 2 is 1.68 bits per heavy atom. The van der Waals surface area contributed by atoms with E-state index < -0.39 is 12.4 Å². The Labute approximate surface area is 130 Å². The third-order valence-electron chi connectivity index (χ3n) is 4.53. The molecule has 22 heavy (non-hydrogen) atoms. The SMILES string of the molecule is C#Cc1c(C)c(CN2CCNCC2)c(C)c([B-](F)(F)F)c1C. The largest absolute Gasteiger partial charge is 0.510 e. The fourth-order valence-electron chi connectivity index (χ4n) is 3.33. The first kappa shape index (κ1) is 16.9. The third-order valence-corrected chi connectivity index (χ3v) is 4.53. The van der Waals surface area contributed by atoms with Crippen LogP contribution in [0.2, 0.25) is 0 Å². The van der Waals surface area contributed by atoms with E-state index in [4.69, 9.17) is 6.42 Å².